The number of carbonyl (C=O) groups excluding carboxylic acids is 1. The van der Waals surface area contributed by atoms with Crippen LogP contribution in [0.3, 0.4) is 0 Å². The molecule has 2 aromatic rings. The second-order valence-electron chi connectivity index (χ2n) is 6.18. The van der Waals surface area contributed by atoms with Gasteiger partial charge in [0, 0.05) is 37.0 Å². The summed E-state index contributed by atoms with van der Waals surface area (Å²) in [6.07, 6.45) is -3.90. The number of hydrogen-bond donors (Lipinski definition) is 2. The minimum absolute atomic E-state index is 0.134. The molecule has 1 amide bonds. The lowest BCUT2D eigenvalue weighted by Crippen LogP contribution is -2.39. The molecule has 1 heterocycles. The van der Waals surface area contributed by atoms with Crippen molar-refractivity contribution in [2.24, 2.45) is 0 Å². The van der Waals surface area contributed by atoms with Gasteiger partial charge in [0.15, 0.2) is 0 Å². The van der Waals surface area contributed by atoms with Crippen LogP contribution in [-0.2, 0) is 23.6 Å². The zero-order valence-corrected chi connectivity index (χ0v) is 14.5. The van der Waals surface area contributed by atoms with Crippen LogP contribution in [0, 0.1) is 0 Å². The summed E-state index contributed by atoms with van der Waals surface area (Å²) >= 11 is 0. The van der Waals surface area contributed by atoms with Crippen molar-refractivity contribution >= 4 is 11.6 Å². The Morgan fingerprint density at radius 3 is 2.48 bits per heavy atom. The van der Waals surface area contributed by atoms with E-state index in [1.54, 1.807) is 12.1 Å². The first-order valence-corrected chi connectivity index (χ1v) is 8.30. The van der Waals surface area contributed by atoms with Crippen LogP contribution in [0.2, 0.25) is 0 Å². The van der Waals surface area contributed by atoms with Crippen LogP contribution in [0.4, 0.5) is 23.2 Å². The largest absolute Gasteiger partial charge is 0.423 e. The van der Waals surface area contributed by atoms with Crippen LogP contribution in [0.25, 0.3) is 0 Å². The van der Waals surface area contributed by atoms with E-state index in [9.17, 15) is 22.4 Å². The smallest absolute Gasteiger partial charge is 0.381 e. The number of ether oxygens (including phenoxy) is 1. The van der Waals surface area contributed by atoms with E-state index in [0.717, 1.165) is 23.4 Å². The first-order valence-electron chi connectivity index (χ1n) is 8.30. The zero-order valence-electron chi connectivity index (χ0n) is 14.5. The van der Waals surface area contributed by atoms with Gasteiger partial charge >= 0.3 is 12.0 Å². The molecule has 0 aliphatic carbocycles. The van der Waals surface area contributed by atoms with Gasteiger partial charge in [0.2, 0.25) is 0 Å². The van der Waals surface area contributed by atoms with E-state index < -0.39 is 17.6 Å². The molecule has 0 unspecified atom stereocenters. The number of nitrogens with one attached hydrogen (secondary N) is 2. The summed E-state index contributed by atoms with van der Waals surface area (Å²) in [6.45, 7) is 0.840. The summed E-state index contributed by atoms with van der Waals surface area (Å²) in [5.74, 6) is -4.56. The van der Waals surface area contributed by atoms with E-state index in [2.05, 4.69) is 15.4 Å². The van der Waals surface area contributed by atoms with Crippen LogP contribution >= 0.6 is 0 Å². The fourth-order valence-corrected chi connectivity index (χ4v) is 2.96. The molecule has 144 valence electrons. The van der Waals surface area contributed by atoms with Crippen molar-refractivity contribution in [3.63, 3.8) is 0 Å². The Kier molecular flexibility index (Phi) is 5.10. The first kappa shape index (κ1) is 19.2. The van der Waals surface area contributed by atoms with Gasteiger partial charge in [-0.15, -0.1) is 0 Å². The maximum absolute atomic E-state index is 13.8. The molecule has 0 spiro atoms. The van der Waals surface area contributed by atoms with Crippen molar-refractivity contribution in [2.45, 2.75) is 25.0 Å². The molecule has 0 radical (unpaired) electrons. The number of rotatable bonds is 6. The molecule has 27 heavy (non-hydrogen) atoms. The predicted octanol–water partition coefficient (Wildman–Crippen LogP) is 3.92. The average Bonchev–Trinajstić information content (AvgIpc) is 2.67. The number of benzene rings is 2. The Hall–Kier alpha value is -2.61. The average molecular weight is 382 g/mol. The lowest BCUT2D eigenvalue weighted by atomic mass is 9.98. The van der Waals surface area contributed by atoms with Crippen LogP contribution in [0.5, 0.6) is 0 Å². The standard InChI is InChI=1S/C19H18F4N2O2/c1-27-19(22,23)18(20,21)13-7-5-12(6-8-13)11-25-16-4-2-3-15-14(16)9-10-24-17(15)26/h2-8,25H,9-11H2,1H3,(H,24,26). The van der Waals surface area contributed by atoms with Gasteiger partial charge in [-0.25, -0.2) is 0 Å². The van der Waals surface area contributed by atoms with Crippen LogP contribution in [-0.4, -0.2) is 25.7 Å². The van der Waals surface area contributed by atoms with Gasteiger partial charge < -0.3 is 15.4 Å². The molecule has 0 atom stereocenters. The molecule has 0 fully saturated rings. The SMILES string of the molecule is COC(F)(F)C(F)(F)c1ccc(CNc2cccc3c2CCNC3=O)cc1. The van der Waals surface area contributed by atoms with Crippen molar-refractivity contribution in [1.82, 2.24) is 5.32 Å². The molecule has 0 saturated heterocycles. The van der Waals surface area contributed by atoms with Gasteiger partial charge in [0.1, 0.15) is 0 Å². The maximum Gasteiger partial charge on any atom is 0.423 e. The molecule has 3 rings (SSSR count). The molecule has 1 aliphatic rings. The molecular formula is C19H18F4N2O2. The van der Waals surface area contributed by atoms with Gasteiger partial charge in [0.05, 0.1) is 0 Å². The number of halogens is 4. The third-order valence-corrected chi connectivity index (χ3v) is 4.50. The van der Waals surface area contributed by atoms with E-state index in [4.69, 9.17) is 0 Å². The molecule has 0 saturated carbocycles. The molecule has 8 heteroatoms. The monoisotopic (exact) mass is 382 g/mol. The summed E-state index contributed by atoms with van der Waals surface area (Å²) in [7, 11) is 0.535. The van der Waals surface area contributed by atoms with Gasteiger partial charge in [-0.3, -0.25) is 4.79 Å². The number of amides is 1. The van der Waals surface area contributed by atoms with E-state index in [-0.39, 0.29) is 5.91 Å². The number of fused-ring (bicyclic) bond motifs is 1. The highest BCUT2D eigenvalue weighted by molar-refractivity contribution is 5.98. The molecule has 0 aromatic heterocycles. The third-order valence-electron chi connectivity index (χ3n) is 4.50. The van der Waals surface area contributed by atoms with Crippen molar-refractivity contribution in [1.29, 1.82) is 0 Å². The number of anilines is 1. The molecule has 2 N–H and O–H groups in total. The molecular weight excluding hydrogens is 364 g/mol. The fraction of sp³-hybridized carbons (Fsp3) is 0.316. The minimum atomic E-state index is -4.59. The Balaban J connectivity index is 1.74. The highest BCUT2D eigenvalue weighted by Gasteiger charge is 2.58. The van der Waals surface area contributed by atoms with Crippen molar-refractivity contribution in [3.8, 4) is 0 Å². The Morgan fingerprint density at radius 1 is 1.11 bits per heavy atom. The van der Waals surface area contributed by atoms with Crippen LogP contribution in [0.15, 0.2) is 42.5 Å². The topological polar surface area (TPSA) is 50.4 Å². The zero-order chi connectivity index (χ0) is 19.7. The predicted molar refractivity (Wildman–Crippen MR) is 92.1 cm³/mol. The van der Waals surface area contributed by atoms with Crippen molar-refractivity contribution in [3.05, 3.63) is 64.7 Å². The van der Waals surface area contributed by atoms with Crippen LogP contribution in [0.1, 0.15) is 27.0 Å². The molecule has 1 aliphatic heterocycles. The summed E-state index contributed by atoms with van der Waals surface area (Å²) in [4.78, 5) is 11.9. The van der Waals surface area contributed by atoms with E-state index >= 15 is 0 Å². The van der Waals surface area contributed by atoms with E-state index in [0.29, 0.717) is 37.7 Å². The van der Waals surface area contributed by atoms with Crippen LogP contribution < -0.4 is 10.6 Å². The maximum atomic E-state index is 13.8. The molecule has 2 aromatic carbocycles. The second-order valence-corrected chi connectivity index (χ2v) is 6.18. The van der Waals surface area contributed by atoms with Gasteiger partial charge in [-0.1, -0.05) is 30.3 Å². The first-order chi connectivity index (χ1) is 12.8. The fourth-order valence-electron chi connectivity index (χ4n) is 2.96. The summed E-state index contributed by atoms with van der Waals surface area (Å²) in [6, 6.07) is 9.94. The van der Waals surface area contributed by atoms with Gasteiger partial charge in [-0.05, 0) is 29.7 Å². The Bertz CT molecular complexity index is 838. The number of carbonyl (C=O) groups is 1. The van der Waals surface area contributed by atoms with E-state index in [1.807, 2.05) is 6.07 Å². The van der Waals surface area contributed by atoms with Crippen molar-refractivity contribution < 1.29 is 27.1 Å². The second kappa shape index (κ2) is 7.19. The number of alkyl halides is 4. The Labute approximate surface area is 153 Å². The quantitative estimate of drug-likeness (QED) is 0.745. The lowest BCUT2D eigenvalue weighted by molar-refractivity contribution is -0.344. The van der Waals surface area contributed by atoms with E-state index in [1.165, 1.54) is 12.1 Å². The molecule has 4 nitrogen and oxygen atoms in total. The number of hydrogen-bond acceptors (Lipinski definition) is 3. The summed E-state index contributed by atoms with van der Waals surface area (Å²) in [5, 5.41) is 5.94. The normalized spacial score (nSPS) is 14.5. The highest BCUT2D eigenvalue weighted by Crippen LogP contribution is 2.43. The highest BCUT2D eigenvalue weighted by atomic mass is 19.3. The summed E-state index contributed by atoms with van der Waals surface area (Å²) in [5.41, 5.74) is 2.08. The lowest BCUT2D eigenvalue weighted by Gasteiger charge is -2.25. The minimum Gasteiger partial charge on any atom is -0.381 e. The third kappa shape index (κ3) is 3.62. The van der Waals surface area contributed by atoms with Gasteiger partial charge in [-0.2, -0.15) is 17.6 Å². The van der Waals surface area contributed by atoms with Gasteiger partial charge in [0.25, 0.3) is 5.91 Å². The summed E-state index contributed by atoms with van der Waals surface area (Å²) < 4.78 is 57.8. The Morgan fingerprint density at radius 2 is 1.81 bits per heavy atom. The number of methoxy groups -OCH3 is 1. The molecule has 0 bridgehead atoms. The van der Waals surface area contributed by atoms with Crippen molar-refractivity contribution in [2.75, 3.05) is 19.0 Å².